The highest BCUT2D eigenvalue weighted by atomic mass is 32.2. The molecule has 4 aromatic rings. The lowest BCUT2D eigenvalue weighted by Gasteiger charge is -2.09. The van der Waals surface area contributed by atoms with Gasteiger partial charge in [-0.05, 0) is 49.2 Å². The maximum absolute atomic E-state index is 5.57. The van der Waals surface area contributed by atoms with Crippen molar-refractivity contribution in [2.45, 2.75) is 37.2 Å². The summed E-state index contributed by atoms with van der Waals surface area (Å²) in [4.78, 5) is 4.71. The zero-order chi connectivity index (χ0) is 20.1. The van der Waals surface area contributed by atoms with Gasteiger partial charge < -0.3 is 9.15 Å². The molecule has 0 aliphatic rings. The van der Waals surface area contributed by atoms with Crippen molar-refractivity contribution in [3.63, 3.8) is 0 Å². The molecule has 0 saturated heterocycles. The molecule has 0 amide bonds. The Morgan fingerprint density at radius 3 is 2.76 bits per heavy atom. The van der Waals surface area contributed by atoms with E-state index in [1.807, 2.05) is 36.4 Å². The number of aromatic nitrogens is 4. The standard InChI is InChI=1S/C21H22N4O2S2/c1-3-5-19-22-16(13-28-19)14-29-21-24-23-20(15-7-9-17(26-2)10-8-15)25(21)12-18-6-4-11-27-18/h4,6-11,13H,3,5,12,14H2,1-2H3. The van der Waals surface area contributed by atoms with E-state index in [4.69, 9.17) is 14.1 Å². The molecular weight excluding hydrogens is 404 g/mol. The predicted octanol–water partition coefficient (Wildman–Crippen LogP) is 5.30. The van der Waals surface area contributed by atoms with Crippen molar-refractivity contribution < 1.29 is 9.15 Å². The molecule has 0 aliphatic carbocycles. The number of furan rings is 1. The Kier molecular flexibility index (Phi) is 6.31. The highest BCUT2D eigenvalue weighted by Gasteiger charge is 2.16. The average Bonchev–Trinajstić information content (AvgIpc) is 3.49. The van der Waals surface area contributed by atoms with Gasteiger partial charge in [0.15, 0.2) is 11.0 Å². The number of thiazole rings is 1. The molecule has 0 atom stereocenters. The van der Waals surface area contributed by atoms with E-state index in [1.54, 1.807) is 36.5 Å². The van der Waals surface area contributed by atoms with Crippen molar-refractivity contribution in [3.8, 4) is 17.1 Å². The van der Waals surface area contributed by atoms with Crippen LogP contribution in [0.5, 0.6) is 5.75 Å². The minimum absolute atomic E-state index is 0.571. The summed E-state index contributed by atoms with van der Waals surface area (Å²) in [7, 11) is 1.66. The number of aryl methyl sites for hydroxylation is 1. The lowest BCUT2D eigenvalue weighted by atomic mass is 10.2. The van der Waals surface area contributed by atoms with Crippen molar-refractivity contribution in [1.29, 1.82) is 0 Å². The van der Waals surface area contributed by atoms with Crippen molar-refractivity contribution in [1.82, 2.24) is 19.7 Å². The summed E-state index contributed by atoms with van der Waals surface area (Å²) in [5.41, 5.74) is 2.07. The van der Waals surface area contributed by atoms with Crippen molar-refractivity contribution in [2.75, 3.05) is 7.11 Å². The molecule has 0 N–H and O–H groups in total. The summed E-state index contributed by atoms with van der Waals surface area (Å²) in [6.07, 6.45) is 3.83. The number of ether oxygens (including phenoxy) is 1. The molecule has 0 aliphatic heterocycles. The second kappa shape index (κ2) is 9.28. The van der Waals surface area contributed by atoms with Crippen LogP contribution in [0.3, 0.4) is 0 Å². The van der Waals surface area contributed by atoms with Crippen LogP contribution in [-0.2, 0) is 18.7 Å². The second-order valence-electron chi connectivity index (χ2n) is 6.47. The van der Waals surface area contributed by atoms with Crippen LogP contribution < -0.4 is 4.74 Å². The fraction of sp³-hybridized carbons (Fsp3) is 0.286. The molecule has 3 heterocycles. The Hall–Kier alpha value is -2.58. The third kappa shape index (κ3) is 4.71. The first-order valence-corrected chi connectivity index (χ1v) is 11.3. The van der Waals surface area contributed by atoms with Crippen LogP contribution >= 0.6 is 23.1 Å². The molecule has 0 spiro atoms. The molecule has 6 nitrogen and oxygen atoms in total. The first kappa shape index (κ1) is 19.7. The van der Waals surface area contributed by atoms with Gasteiger partial charge in [-0.15, -0.1) is 21.5 Å². The Labute approximate surface area is 178 Å². The van der Waals surface area contributed by atoms with Gasteiger partial charge in [0.05, 0.1) is 30.6 Å². The van der Waals surface area contributed by atoms with Gasteiger partial charge >= 0.3 is 0 Å². The van der Waals surface area contributed by atoms with Crippen LogP contribution in [0.4, 0.5) is 0 Å². The number of hydrogen-bond donors (Lipinski definition) is 0. The SMILES string of the molecule is CCCc1nc(CSc2nnc(-c3ccc(OC)cc3)n2Cc2ccco2)cs1. The van der Waals surface area contributed by atoms with E-state index in [0.29, 0.717) is 6.54 Å². The van der Waals surface area contributed by atoms with E-state index in [1.165, 1.54) is 5.01 Å². The van der Waals surface area contributed by atoms with Gasteiger partial charge in [0.1, 0.15) is 11.5 Å². The molecule has 0 fully saturated rings. The van der Waals surface area contributed by atoms with Crippen LogP contribution in [0, 0.1) is 0 Å². The monoisotopic (exact) mass is 426 g/mol. The number of nitrogens with zero attached hydrogens (tertiary/aromatic N) is 4. The van der Waals surface area contributed by atoms with Gasteiger partial charge in [-0.25, -0.2) is 4.98 Å². The van der Waals surface area contributed by atoms with Gasteiger partial charge in [-0.3, -0.25) is 4.57 Å². The number of benzene rings is 1. The quantitative estimate of drug-likeness (QED) is 0.339. The maximum Gasteiger partial charge on any atom is 0.192 e. The van der Waals surface area contributed by atoms with Gasteiger partial charge in [0, 0.05) is 16.7 Å². The Bertz CT molecular complexity index is 1040. The van der Waals surface area contributed by atoms with Crippen LogP contribution in [-0.4, -0.2) is 26.9 Å². The van der Waals surface area contributed by atoms with E-state index in [2.05, 4.69) is 27.1 Å². The van der Waals surface area contributed by atoms with Gasteiger partial charge in [-0.1, -0.05) is 18.7 Å². The van der Waals surface area contributed by atoms with Crippen molar-refractivity contribution in [2.24, 2.45) is 0 Å². The first-order valence-electron chi connectivity index (χ1n) is 9.43. The molecule has 0 unspecified atom stereocenters. The van der Waals surface area contributed by atoms with E-state index < -0.39 is 0 Å². The smallest absolute Gasteiger partial charge is 0.192 e. The van der Waals surface area contributed by atoms with Crippen LogP contribution in [0.1, 0.15) is 29.8 Å². The van der Waals surface area contributed by atoms with E-state index >= 15 is 0 Å². The van der Waals surface area contributed by atoms with E-state index in [-0.39, 0.29) is 0 Å². The predicted molar refractivity (Wildman–Crippen MR) is 115 cm³/mol. The van der Waals surface area contributed by atoms with Crippen molar-refractivity contribution >= 4 is 23.1 Å². The minimum Gasteiger partial charge on any atom is -0.497 e. The largest absolute Gasteiger partial charge is 0.497 e. The molecule has 3 aromatic heterocycles. The molecular formula is C21H22N4O2S2. The first-order chi connectivity index (χ1) is 14.3. The van der Waals surface area contributed by atoms with Gasteiger partial charge in [0.25, 0.3) is 0 Å². The molecule has 1 aromatic carbocycles. The third-order valence-electron chi connectivity index (χ3n) is 4.37. The zero-order valence-electron chi connectivity index (χ0n) is 16.4. The lowest BCUT2D eigenvalue weighted by molar-refractivity contribution is 0.415. The van der Waals surface area contributed by atoms with Crippen LogP contribution in [0.15, 0.2) is 57.6 Å². The summed E-state index contributed by atoms with van der Waals surface area (Å²) < 4.78 is 12.9. The summed E-state index contributed by atoms with van der Waals surface area (Å²) in [5.74, 6) is 3.24. The molecule has 8 heteroatoms. The van der Waals surface area contributed by atoms with Crippen LogP contribution in [0.25, 0.3) is 11.4 Å². The Morgan fingerprint density at radius 2 is 2.03 bits per heavy atom. The number of rotatable bonds is 9. The maximum atomic E-state index is 5.57. The molecule has 0 saturated carbocycles. The molecule has 4 rings (SSSR count). The third-order valence-corrected chi connectivity index (χ3v) is 6.33. The highest BCUT2D eigenvalue weighted by Crippen LogP contribution is 2.29. The molecule has 0 bridgehead atoms. The number of hydrogen-bond acceptors (Lipinski definition) is 7. The normalized spacial score (nSPS) is 11.1. The molecule has 0 radical (unpaired) electrons. The summed E-state index contributed by atoms with van der Waals surface area (Å²) in [5, 5.41) is 13.1. The van der Waals surface area contributed by atoms with Gasteiger partial charge in [-0.2, -0.15) is 0 Å². The topological polar surface area (TPSA) is 66.0 Å². The molecule has 150 valence electrons. The summed E-state index contributed by atoms with van der Waals surface area (Å²) in [6.45, 7) is 2.75. The van der Waals surface area contributed by atoms with Crippen LogP contribution in [0.2, 0.25) is 0 Å². The fourth-order valence-corrected chi connectivity index (χ4v) is 4.77. The zero-order valence-corrected chi connectivity index (χ0v) is 18.0. The van der Waals surface area contributed by atoms with E-state index in [0.717, 1.165) is 52.3 Å². The minimum atomic E-state index is 0.571. The summed E-state index contributed by atoms with van der Waals surface area (Å²) in [6, 6.07) is 11.7. The van der Waals surface area contributed by atoms with Crippen molar-refractivity contribution in [3.05, 3.63) is 64.5 Å². The fourth-order valence-electron chi connectivity index (χ4n) is 2.93. The number of methoxy groups -OCH3 is 1. The molecule has 29 heavy (non-hydrogen) atoms. The van der Waals surface area contributed by atoms with Gasteiger partial charge in [0.2, 0.25) is 0 Å². The average molecular weight is 427 g/mol. The Morgan fingerprint density at radius 1 is 1.17 bits per heavy atom. The number of thioether (sulfide) groups is 1. The second-order valence-corrected chi connectivity index (χ2v) is 8.36. The summed E-state index contributed by atoms with van der Waals surface area (Å²) >= 11 is 3.37. The van der Waals surface area contributed by atoms with E-state index in [9.17, 15) is 0 Å². The lowest BCUT2D eigenvalue weighted by Crippen LogP contribution is -2.03. The highest BCUT2D eigenvalue weighted by molar-refractivity contribution is 7.98. The Balaban J connectivity index is 1.59.